The molecule has 0 radical (unpaired) electrons. The van der Waals surface area contributed by atoms with E-state index in [4.69, 9.17) is 5.11 Å². The summed E-state index contributed by atoms with van der Waals surface area (Å²) in [5.41, 5.74) is 0.0238. The Balaban J connectivity index is 2.46. The number of alkyl halides is 3. The summed E-state index contributed by atoms with van der Waals surface area (Å²) in [5.74, 6) is -2.80. The summed E-state index contributed by atoms with van der Waals surface area (Å²) in [6.45, 7) is -2.88. The van der Waals surface area contributed by atoms with Gasteiger partial charge in [-0.1, -0.05) is 0 Å². The molecule has 0 amide bonds. The molecular weight excluding hydrogens is 275 g/mol. The Kier molecular flexibility index (Phi) is 5.49. The van der Waals surface area contributed by atoms with Gasteiger partial charge in [-0.3, -0.25) is 0 Å². The van der Waals surface area contributed by atoms with Gasteiger partial charge in [0, 0.05) is 0 Å². The van der Waals surface area contributed by atoms with Crippen molar-refractivity contribution < 1.29 is 36.5 Å². The van der Waals surface area contributed by atoms with Gasteiger partial charge in [-0.15, -0.1) is 0 Å². The van der Waals surface area contributed by atoms with Crippen LogP contribution in [0.2, 0.25) is 0 Å². The number of benzene rings is 1. The van der Waals surface area contributed by atoms with Crippen molar-refractivity contribution >= 4 is 0 Å². The van der Waals surface area contributed by atoms with Gasteiger partial charge in [0.2, 0.25) is 0 Å². The zero-order chi connectivity index (χ0) is 14.5. The third-order valence-electron chi connectivity index (χ3n) is 1.98. The molecule has 0 saturated carbocycles. The normalized spacial score (nSPS) is 11.7. The molecule has 0 aliphatic carbocycles. The summed E-state index contributed by atoms with van der Waals surface area (Å²) in [4.78, 5) is 0. The van der Waals surface area contributed by atoms with Crippen LogP contribution < -0.4 is 4.74 Å². The highest BCUT2D eigenvalue weighted by molar-refractivity contribution is 5.31. The average Bonchev–Trinajstić information content (AvgIpc) is 2.30. The molecule has 0 atom stereocenters. The summed E-state index contributed by atoms with van der Waals surface area (Å²) >= 11 is 0. The molecule has 0 fully saturated rings. The molecule has 1 aromatic rings. The van der Waals surface area contributed by atoms with E-state index in [1.807, 2.05) is 0 Å². The predicted octanol–water partition coefficient (Wildman–Crippen LogP) is 2.41. The van der Waals surface area contributed by atoms with Crippen LogP contribution in [0.3, 0.4) is 0 Å². The Hall–Kier alpha value is -1.41. The number of hydrogen-bond acceptors (Lipinski definition) is 3. The average molecular weight is 286 g/mol. The fourth-order valence-electron chi connectivity index (χ4n) is 1.23. The Bertz CT molecular complexity index is 396. The van der Waals surface area contributed by atoms with E-state index in [9.17, 15) is 22.0 Å². The first kappa shape index (κ1) is 15.6. The molecule has 19 heavy (non-hydrogen) atoms. The van der Waals surface area contributed by atoms with Crippen molar-refractivity contribution in [2.75, 3.05) is 19.8 Å². The van der Waals surface area contributed by atoms with Gasteiger partial charge in [0.25, 0.3) is 0 Å². The lowest BCUT2D eigenvalue weighted by Crippen LogP contribution is -2.19. The maximum absolute atomic E-state index is 13.3. The van der Waals surface area contributed by atoms with E-state index >= 15 is 0 Å². The molecule has 1 aromatic carbocycles. The molecule has 0 aliphatic rings. The van der Waals surface area contributed by atoms with Gasteiger partial charge >= 0.3 is 6.18 Å². The number of rotatable bonds is 6. The standard InChI is InChI=1S/C11H11F5O3/c12-8-3-7(5-17)4-9(13)10(8)19-2-1-18-6-11(14,15)16/h3-4,17H,1-2,5-6H2. The van der Waals surface area contributed by atoms with Gasteiger partial charge in [-0.25, -0.2) is 8.78 Å². The highest BCUT2D eigenvalue weighted by atomic mass is 19.4. The number of aliphatic hydroxyl groups excluding tert-OH is 1. The lowest BCUT2D eigenvalue weighted by molar-refractivity contribution is -0.175. The van der Waals surface area contributed by atoms with E-state index in [0.717, 1.165) is 12.1 Å². The first-order valence-electron chi connectivity index (χ1n) is 5.19. The molecule has 8 heteroatoms. The highest BCUT2D eigenvalue weighted by Crippen LogP contribution is 2.23. The van der Waals surface area contributed by atoms with Crippen molar-refractivity contribution in [1.82, 2.24) is 0 Å². The second-order valence-electron chi connectivity index (χ2n) is 3.56. The molecule has 0 aromatic heterocycles. The summed E-state index contributed by atoms with van der Waals surface area (Å²) in [5, 5.41) is 8.70. The molecule has 0 saturated heterocycles. The maximum Gasteiger partial charge on any atom is 0.411 e. The van der Waals surface area contributed by atoms with Crippen LogP contribution in [0.25, 0.3) is 0 Å². The van der Waals surface area contributed by atoms with E-state index in [1.54, 1.807) is 0 Å². The van der Waals surface area contributed by atoms with Crippen molar-refractivity contribution in [2.24, 2.45) is 0 Å². The van der Waals surface area contributed by atoms with E-state index in [2.05, 4.69) is 9.47 Å². The largest absolute Gasteiger partial charge is 0.485 e. The summed E-state index contributed by atoms with van der Waals surface area (Å²) < 4.78 is 70.6. The van der Waals surface area contributed by atoms with Gasteiger partial charge in [0.1, 0.15) is 13.2 Å². The maximum atomic E-state index is 13.3. The van der Waals surface area contributed by atoms with Crippen LogP contribution in [-0.2, 0) is 11.3 Å². The van der Waals surface area contributed by atoms with Crippen LogP contribution in [0.4, 0.5) is 22.0 Å². The quantitative estimate of drug-likeness (QED) is 0.644. The smallest absolute Gasteiger partial charge is 0.411 e. The second kappa shape index (κ2) is 6.67. The van der Waals surface area contributed by atoms with Crippen molar-refractivity contribution in [3.63, 3.8) is 0 Å². The van der Waals surface area contributed by atoms with Crippen molar-refractivity contribution in [1.29, 1.82) is 0 Å². The second-order valence-corrected chi connectivity index (χ2v) is 3.56. The summed E-state index contributed by atoms with van der Waals surface area (Å²) in [6, 6.07) is 1.74. The Morgan fingerprint density at radius 1 is 1.05 bits per heavy atom. The van der Waals surface area contributed by atoms with Gasteiger partial charge < -0.3 is 14.6 Å². The summed E-state index contributed by atoms with van der Waals surface area (Å²) in [6.07, 6.45) is -4.46. The number of halogens is 5. The van der Waals surface area contributed by atoms with Gasteiger partial charge in [0.05, 0.1) is 13.2 Å². The van der Waals surface area contributed by atoms with E-state index in [1.165, 1.54) is 0 Å². The first-order chi connectivity index (χ1) is 8.83. The van der Waals surface area contributed by atoms with E-state index < -0.39 is 50.0 Å². The van der Waals surface area contributed by atoms with Crippen molar-refractivity contribution in [3.05, 3.63) is 29.3 Å². The first-order valence-corrected chi connectivity index (χ1v) is 5.19. The monoisotopic (exact) mass is 286 g/mol. The molecule has 0 bridgehead atoms. The molecule has 1 N–H and O–H groups in total. The summed E-state index contributed by atoms with van der Waals surface area (Å²) in [7, 11) is 0. The van der Waals surface area contributed by atoms with Crippen LogP contribution >= 0.6 is 0 Å². The van der Waals surface area contributed by atoms with E-state index in [0.29, 0.717) is 0 Å². The molecule has 0 unspecified atom stereocenters. The topological polar surface area (TPSA) is 38.7 Å². The molecule has 108 valence electrons. The third kappa shape index (κ3) is 5.39. The lowest BCUT2D eigenvalue weighted by atomic mass is 10.2. The van der Waals surface area contributed by atoms with Crippen molar-refractivity contribution in [3.8, 4) is 5.75 Å². The molecule has 0 aliphatic heterocycles. The zero-order valence-electron chi connectivity index (χ0n) is 9.64. The van der Waals surface area contributed by atoms with Gasteiger partial charge in [0.15, 0.2) is 17.4 Å². The van der Waals surface area contributed by atoms with E-state index in [-0.39, 0.29) is 5.56 Å². The zero-order valence-corrected chi connectivity index (χ0v) is 9.64. The molecule has 0 heterocycles. The fraction of sp³-hybridized carbons (Fsp3) is 0.455. The van der Waals surface area contributed by atoms with Gasteiger partial charge in [-0.05, 0) is 17.7 Å². The highest BCUT2D eigenvalue weighted by Gasteiger charge is 2.27. The fourth-order valence-corrected chi connectivity index (χ4v) is 1.23. The Morgan fingerprint density at radius 3 is 2.11 bits per heavy atom. The molecule has 3 nitrogen and oxygen atoms in total. The molecule has 0 spiro atoms. The van der Waals surface area contributed by atoms with Crippen LogP contribution in [0, 0.1) is 11.6 Å². The van der Waals surface area contributed by atoms with Crippen LogP contribution in [0.15, 0.2) is 12.1 Å². The minimum atomic E-state index is -4.46. The minimum absolute atomic E-state index is 0.0238. The SMILES string of the molecule is OCc1cc(F)c(OCCOCC(F)(F)F)c(F)c1. The number of ether oxygens (including phenoxy) is 2. The Labute approximate surface area is 105 Å². The molecular formula is C11H11F5O3. The van der Waals surface area contributed by atoms with Crippen LogP contribution in [-0.4, -0.2) is 31.1 Å². The lowest BCUT2D eigenvalue weighted by Gasteiger charge is -2.11. The third-order valence-corrected chi connectivity index (χ3v) is 1.98. The molecule has 1 rings (SSSR count). The van der Waals surface area contributed by atoms with Gasteiger partial charge in [-0.2, -0.15) is 13.2 Å². The van der Waals surface area contributed by atoms with Crippen LogP contribution in [0.1, 0.15) is 5.56 Å². The Morgan fingerprint density at radius 2 is 1.63 bits per heavy atom. The van der Waals surface area contributed by atoms with Crippen LogP contribution in [0.5, 0.6) is 5.75 Å². The van der Waals surface area contributed by atoms with Crippen molar-refractivity contribution in [2.45, 2.75) is 12.8 Å². The number of aliphatic hydroxyl groups is 1. The predicted molar refractivity (Wildman–Crippen MR) is 54.6 cm³/mol. The minimum Gasteiger partial charge on any atom is -0.485 e. The number of hydrogen-bond donors (Lipinski definition) is 1.